The minimum atomic E-state index is -0.446. The van der Waals surface area contributed by atoms with Crippen LogP contribution in [-0.4, -0.2) is 23.3 Å². The molecule has 20 heavy (non-hydrogen) atoms. The summed E-state index contributed by atoms with van der Waals surface area (Å²) in [6.07, 6.45) is 2.81. The number of unbranched alkanes of at least 4 members (excludes halogenated alkanes) is 1. The second kappa shape index (κ2) is 7.88. The maximum atomic E-state index is 10.5. The molecule has 1 rings (SSSR count). The number of non-ortho nitro benzene ring substituents is 1. The molecule has 108 valence electrons. The first kappa shape index (κ1) is 16.5. The van der Waals surface area contributed by atoms with E-state index in [1.807, 2.05) is 6.92 Å². The van der Waals surface area contributed by atoms with Crippen LogP contribution in [0.2, 0.25) is 0 Å². The monoisotopic (exact) mass is 293 g/mol. The molecule has 0 spiro atoms. The molecule has 6 heteroatoms. The molecule has 0 bridgehead atoms. The molecular weight excluding hydrogens is 274 g/mol. The first-order valence-corrected chi connectivity index (χ1v) is 7.47. The summed E-state index contributed by atoms with van der Waals surface area (Å²) in [5.41, 5.74) is -0.328. The van der Waals surface area contributed by atoms with Crippen molar-refractivity contribution in [2.24, 2.45) is 0 Å². The van der Waals surface area contributed by atoms with E-state index < -0.39 is 10.5 Å². The molecule has 1 N–H and O–H groups in total. The Bertz CT molecular complexity index is 484. The van der Waals surface area contributed by atoms with Gasteiger partial charge in [0.15, 0.2) is 0 Å². The average molecular weight is 293 g/mol. The molecule has 0 aromatic heterocycles. The fraction of sp³-hybridized carbons (Fsp3) is 0.500. The van der Waals surface area contributed by atoms with Crippen LogP contribution >= 0.6 is 11.8 Å². The summed E-state index contributed by atoms with van der Waals surface area (Å²) in [7, 11) is 1.80. The van der Waals surface area contributed by atoms with Crippen molar-refractivity contribution in [3.8, 4) is 6.07 Å². The molecule has 0 amide bonds. The Hall–Kier alpha value is -1.58. The Morgan fingerprint density at radius 3 is 2.55 bits per heavy atom. The van der Waals surface area contributed by atoms with Crippen LogP contribution in [0, 0.1) is 21.4 Å². The quantitative estimate of drug-likeness (QED) is 0.344. The molecule has 1 aromatic carbocycles. The number of nitrogens with one attached hydrogen (secondary N) is 1. The van der Waals surface area contributed by atoms with Crippen LogP contribution in [0.3, 0.4) is 0 Å². The number of rotatable bonds is 8. The average Bonchev–Trinajstić information content (AvgIpc) is 2.47. The Morgan fingerprint density at radius 1 is 1.40 bits per heavy atom. The van der Waals surface area contributed by atoms with Crippen molar-refractivity contribution < 1.29 is 4.92 Å². The summed E-state index contributed by atoms with van der Waals surface area (Å²) in [6.45, 7) is 1.90. The minimum Gasteiger partial charge on any atom is -0.303 e. The summed E-state index contributed by atoms with van der Waals surface area (Å²) in [6, 6.07) is 8.87. The SMILES string of the molecule is CNC(C)(C#N)CCCCSc1ccc([N+](=O)[O-])cc1. The maximum Gasteiger partial charge on any atom is 0.269 e. The molecule has 1 atom stereocenters. The molecule has 1 aromatic rings. The fourth-order valence-electron chi connectivity index (χ4n) is 1.67. The highest BCUT2D eigenvalue weighted by Gasteiger charge is 2.19. The van der Waals surface area contributed by atoms with Crippen LogP contribution in [0.4, 0.5) is 5.69 Å². The number of hydrogen-bond donors (Lipinski definition) is 1. The van der Waals surface area contributed by atoms with Crippen LogP contribution in [0.25, 0.3) is 0 Å². The topological polar surface area (TPSA) is 79.0 Å². The fourth-order valence-corrected chi connectivity index (χ4v) is 2.58. The minimum absolute atomic E-state index is 0.119. The van der Waals surface area contributed by atoms with Crippen molar-refractivity contribution in [2.75, 3.05) is 12.8 Å². The second-order valence-electron chi connectivity index (χ2n) is 4.75. The van der Waals surface area contributed by atoms with Gasteiger partial charge in [0.2, 0.25) is 0 Å². The van der Waals surface area contributed by atoms with Crippen molar-refractivity contribution >= 4 is 17.4 Å². The van der Waals surface area contributed by atoms with E-state index in [9.17, 15) is 10.1 Å². The van der Waals surface area contributed by atoms with Crippen LogP contribution in [0.5, 0.6) is 0 Å². The predicted octanol–water partition coefficient (Wildman–Crippen LogP) is 3.36. The molecule has 1 unspecified atom stereocenters. The Morgan fingerprint density at radius 2 is 2.05 bits per heavy atom. The van der Waals surface area contributed by atoms with Crippen molar-refractivity contribution in [1.29, 1.82) is 5.26 Å². The predicted molar refractivity (Wildman–Crippen MR) is 80.7 cm³/mol. The van der Waals surface area contributed by atoms with Gasteiger partial charge in [-0.1, -0.05) is 0 Å². The zero-order valence-corrected chi connectivity index (χ0v) is 12.6. The van der Waals surface area contributed by atoms with Crippen LogP contribution in [-0.2, 0) is 0 Å². The van der Waals surface area contributed by atoms with Crippen LogP contribution in [0.1, 0.15) is 26.2 Å². The van der Waals surface area contributed by atoms with Gasteiger partial charge < -0.3 is 5.32 Å². The van der Waals surface area contributed by atoms with Gasteiger partial charge in [0, 0.05) is 17.0 Å². The van der Waals surface area contributed by atoms with Crippen LogP contribution in [0.15, 0.2) is 29.2 Å². The molecule has 0 saturated carbocycles. The molecule has 0 aliphatic rings. The smallest absolute Gasteiger partial charge is 0.269 e. The van der Waals surface area contributed by atoms with Gasteiger partial charge in [-0.15, -0.1) is 11.8 Å². The van der Waals surface area contributed by atoms with E-state index in [2.05, 4.69) is 11.4 Å². The highest BCUT2D eigenvalue weighted by Crippen LogP contribution is 2.23. The highest BCUT2D eigenvalue weighted by atomic mass is 32.2. The number of benzene rings is 1. The third-order valence-corrected chi connectivity index (χ3v) is 4.28. The van der Waals surface area contributed by atoms with E-state index in [4.69, 9.17) is 5.26 Å². The molecule has 0 saturated heterocycles. The molecule has 0 radical (unpaired) electrons. The molecule has 5 nitrogen and oxygen atoms in total. The Kier molecular flexibility index (Phi) is 6.49. The van der Waals surface area contributed by atoms with E-state index in [0.717, 1.165) is 29.9 Å². The first-order chi connectivity index (χ1) is 9.50. The molecule has 0 fully saturated rings. The van der Waals surface area contributed by atoms with Crippen molar-refractivity contribution in [1.82, 2.24) is 5.32 Å². The van der Waals surface area contributed by atoms with Gasteiger partial charge in [-0.2, -0.15) is 5.26 Å². The van der Waals surface area contributed by atoms with Crippen molar-refractivity contribution in [3.63, 3.8) is 0 Å². The number of nitro groups is 1. The zero-order chi connectivity index (χ0) is 15.0. The lowest BCUT2D eigenvalue weighted by atomic mass is 9.97. The Labute approximate surface area is 123 Å². The highest BCUT2D eigenvalue weighted by molar-refractivity contribution is 7.99. The van der Waals surface area contributed by atoms with Crippen molar-refractivity contribution in [3.05, 3.63) is 34.4 Å². The number of nitriles is 1. The number of nitro benzene ring substituents is 1. The van der Waals surface area contributed by atoms with E-state index in [1.54, 1.807) is 30.9 Å². The van der Waals surface area contributed by atoms with Gasteiger partial charge >= 0.3 is 0 Å². The van der Waals surface area contributed by atoms with Crippen molar-refractivity contribution in [2.45, 2.75) is 36.6 Å². The standard InChI is InChI=1S/C14H19N3O2S/c1-14(11-15,16-2)9-3-4-10-20-13-7-5-12(6-8-13)17(18)19/h5-8,16H,3-4,9-10H2,1-2H3. The van der Waals surface area contributed by atoms with E-state index >= 15 is 0 Å². The first-order valence-electron chi connectivity index (χ1n) is 6.48. The van der Waals surface area contributed by atoms with Gasteiger partial charge in [0.25, 0.3) is 5.69 Å². The third-order valence-electron chi connectivity index (χ3n) is 3.19. The van der Waals surface area contributed by atoms with Gasteiger partial charge in [0.05, 0.1) is 11.0 Å². The molecule has 0 aliphatic carbocycles. The van der Waals surface area contributed by atoms with Gasteiger partial charge in [-0.25, -0.2) is 0 Å². The third kappa shape index (κ3) is 5.19. The Balaban J connectivity index is 2.28. The van der Waals surface area contributed by atoms with Gasteiger partial charge in [-0.05, 0) is 51.1 Å². The summed E-state index contributed by atoms with van der Waals surface area (Å²) in [4.78, 5) is 11.2. The maximum absolute atomic E-state index is 10.5. The summed E-state index contributed by atoms with van der Waals surface area (Å²) < 4.78 is 0. The van der Waals surface area contributed by atoms with E-state index in [0.29, 0.717) is 0 Å². The summed E-state index contributed by atoms with van der Waals surface area (Å²) in [5.74, 6) is 0.947. The van der Waals surface area contributed by atoms with Gasteiger partial charge in [0.1, 0.15) is 5.54 Å². The lowest BCUT2D eigenvalue weighted by Gasteiger charge is -2.20. The summed E-state index contributed by atoms with van der Waals surface area (Å²) in [5, 5.41) is 22.6. The lowest BCUT2D eigenvalue weighted by molar-refractivity contribution is -0.384. The number of hydrogen-bond acceptors (Lipinski definition) is 5. The van der Waals surface area contributed by atoms with E-state index in [1.165, 1.54) is 12.1 Å². The number of nitrogens with zero attached hydrogens (tertiary/aromatic N) is 2. The zero-order valence-electron chi connectivity index (χ0n) is 11.8. The summed E-state index contributed by atoms with van der Waals surface area (Å²) >= 11 is 1.68. The largest absolute Gasteiger partial charge is 0.303 e. The second-order valence-corrected chi connectivity index (χ2v) is 5.92. The van der Waals surface area contributed by atoms with E-state index in [-0.39, 0.29) is 5.69 Å². The number of thioether (sulfide) groups is 1. The normalized spacial score (nSPS) is 13.4. The molecule has 0 aliphatic heterocycles. The van der Waals surface area contributed by atoms with Gasteiger partial charge in [-0.3, -0.25) is 10.1 Å². The molecule has 0 heterocycles. The molecular formula is C14H19N3O2S. The lowest BCUT2D eigenvalue weighted by Crippen LogP contribution is -2.37. The van der Waals surface area contributed by atoms with Crippen LogP contribution < -0.4 is 5.32 Å².